The fourth-order valence-corrected chi connectivity index (χ4v) is 1.53. The fraction of sp³-hybridized carbons (Fsp3) is 0.500. The molecule has 1 amide bonds. The van der Waals surface area contributed by atoms with Crippen LogP contribution in [0.25, 0.3) is 0 Å². The lowest BCUT2D eigenvalue weighted by Crippen LogP contribution is -2.31. The standard InChI is InChI=1S/C10H14BrNO2/c1-7-4-5-9(14-7)6-12(3)10(13)8(2)11/h4-5,8H,6H2,1-3H3. The van der Waals surface area contributed by atoms with E-state index in [0.29, 0.717) is 6.54 Å². The Labute approximate surface area is 92.2 Å². The van der Waals surface area contributed by atoms with Crippen LogP contribution < -0.4 is 0 Å². The first-order chi connectivity index (χ1) is 6.50. The van der Waals surface area contributed by atoms with E-state index in [1.807, 2.05) is 26.0 Å². The van der Waals surface area contributed by atoms with Crippen LogP contribution in [0.2, 0.25) is 0 Å². The zero-order chi connectivity index (χ0) is 10.7. The normalized spacial score (nSPS) is 12.6. The molecule has 1 aromatic heterocycles. The van der Waals surface area contributed by atoms with E-state index in [4.69, 9.17) is 4.42 Å². The Bertz CT molecular complexity index is 320. The first-order valence-corrected chi connectivity index (χ1v) is 5.36. The Balaban J connectivity index is 2.57. The van der Waals surface area contributed by atoms with Crippen molar-refractivity contribution >= 4 is 21.8 Å². The Hall–Kier alpha value is -0.770. The van der Waals surface area contributed by atoms with Crippen LogP contribution in [0.15, 0.2) is 16.5 Å². The van der Waals surface area contributed by atoms with Gasteiger partial charge in [-0.2, -0.15) is 0 Å². The van der Waals surface area contributed by atoms with Crippen molar-refractivity contribution in [3.05, 3.63) is 23.7 Å². The Morgan fingerprint density at radius 1 is 1.64 bits per heavy atom. The molecule has 0 N–H and O–H groups in total. The summed E-state index contributed by atoms with van der Waals surface area (Å²) in [6.07, 6.45) is 0. The van der Waals surface area contributed by atoms with Gasteiger partial charge in [-0.25, -0.2) is 0 Å². The van der Waals surface area contributed by atoms with Crippen molar-refractivity contribution in [1.29, 1.82) is 0 Å². The number of carbonyl (C=O) groups excluding carboxylic acids is 1. The maximum atomic E-state index is 11.5. The van der Waals surface area contributed by atoms with E-state index in [0.717, 1.165) is 11.5 Å². The highest BCUT2D eigenvalue weighted by Gasteiger charge is 2.15. The molecule has 14 heavy (non-hydrogen) atoms. The molecule has 0 saturated carbocycles. The molecule has 0 bridgehead atoms. The number of nitrogens with zero attached hydrogens (tertiary/aromatic N) is 1. The van der Waals surface area contributed by atoms with Gasteiger partial charge in [-0.05, 0) is 26.0 Å². The van der Waals surface area contributed by atoms with E-state index >= 15 is 0 Å². The average molecular weight is 260 g/mol. The molecular formula is C10H14BrNO2. The predicted molar refractivity (Wildman–Crippen MR) is 58.3 cm³/mol. The van der Waals surface area contributed by atoms with Gasteiger partial charge in [0.2, 0.25) is 5.91 Å². The van der Waals surface area contributed by atoms with Gasteiger partial charge in [0.05, 0.1) is 11.4 Å². The average Bonchev–Trinajstić information content (AvgIpc) is 2.49. The zero-order valence-corrected chi connectivity index (χ0v) is 10.2. The second kappa shape index (κ2) is 4.64. The summed E-state index contributed by atoms with van der Waals surface area (Å²) < 4.78 is 5.37. The van der Waals surface area contributed by atoms with E-state index in [-0.39, 0.29) is 10.7 Å². The molecular weight excluding hydrogens is 246 g/mol. The first-order valence-electron chi connectivity index (χ1n) is 4.45. The number of aryl methyl sites for hydroxylation is 1. The molecule has 1 heterocycles. The molecule has 0 saturated heterocycles. The molecule has 0 aliphatic heterocycles. The summed E-state index contributed by atoms with van der Waals surface area (Å²) in [5.74, 6) is 1.73. The topological polar surface area (TPSA) is 33.5 Å². The van der Waals surface area contributed by atoms with Gasteiger partial charge in [0.15, 0.2) is 0 Å². The second-order valence-electron chi connectivity index (χ2n) is 3.32. The van der Waals surface area contributed by atoms with Crippen LogP contribution >= 0.6 is 15.9 Å². The lowest BCUT2D eigenvalue weighted by molar-refractivity contribution is -0.129. The molecule has 78 valence electrons. The lowest BCUT2D eigenvalue weighted by atomic mass is 10.3. The minimum atomic E-state index is -0.149. The number of halogens is 1. The molecule has 1 aromatic rings. The van der Waals surface area contributed by atoms with Gasteiger partial charge < -0.3 is 9.32 Å². The van der Waals surface area contributed by atoms with Crippen LogP contribution in [-0.4, -0.2) is 22.7 Å². The molecule has 0 aliphatic carbocycles. The lowest BCUT2D eigenvalue weighted by Gasteiger charge is -2.16. The summed E-state index contributed by atoms with van der Waals surface area (Å²) >= 11 is 3.24. The van der Waals surface area contributed by atoms with Gasteiger partial charge in [0.25, 0.3) is 0 Å². The molecule has 3 nitrogen and oxygen atoms in total. The number of alkyl halides is 1. The SMILES string of the molecule is Cc1ccc(CN(C)C(=O)C(C)Br)o1. The van der Waals surface area contributed by atoms with E-state index in [9.17, 15) is 4.79 Å². The maximum absolute atomic E-state index is 11.5. The third kappa shape index (κ3) is 2.87. The number of carbonyl (C=O) groups is 1. The highest BCUT2D eigenvalue weighted by molar-refractivity contribution is 9.10. The van der Waals surface area contributed by atoms with Gasteiger partial charge in [-0.15, -0.1) is 0 Å². The van der Waals surface area contributed by atoms with Crippen molar-refractivity contribution in [3.63, 3.8) is 0 Å². The minimum Gasteiger partial charge on any atom is -0.464 e. The molecule has 0 spiro atoms. The van der Waals surface area contributed by atoms with Crippen LogP contribution in [0.1, 0.15) is 18.4 Å². The number of furan rings is 1. The first kappa shape index (κ1) is 11.3. The summed E-state index contributed by atoms with van der Waals surface area (Å²) in [6.45, 7) is 4.22. The van der Waals surface area contributed by atoms with Crippen LogP contribution in [0.5, 0.6) is 0 Å². The summed E-state index contributed by atoms with van der Waals surface area (Å²) in [5.41, 5.74) is 0. The van der Waals surface area contributed by atoms with Crippen molar-refractivity contribution in [2.45, 2.75) is 25.2 Å². The monoisotopic (exact) mass is 259 g/mol. The van der Waals surface area contributed by atoms with Crippen molar-refractivity contribution < 1.29 is 9.21 Å². The maximum Gasteiger partial charge on any atom is 0.236 e. The molecule has 0 aromatic carbocycles. The Morgan fingerprint density at radius 3 is 2.71 bits per heavy atom. The van der Waals surface area contributed by atoms with Gasteiger partial charge in [0, 0.05) is 7.05 Å². The van der Waals surface area contributed by atoms with E-state index in [1.54, 1.807) is 11.9 Å². The number of hydrogen-bond donors (Lipinski definition) is 0. The second-order valence-corrected chi connectivity index (χ2v) is 4.70. The Kier molecular flexibility index (Phi) is 3.75. The number of amides is 1. The quantitative estimate of drug-likeness (QED) is 0.781. The molecule has 4 heteroatoms. The van der Waals surface area contributed by atoms with Gasteiger partial charge in [-0.3, -0.25) is 4.79 Å². The summed E-state index contributed by atoms with van der Waals surface area (Å²) in [6, 6.07) is 3.78. The van der Waals surface area contributed by atoms with Gasteiger partial charge in [0.1, 0.15) is 11.5 Å². The molecule has 1 unspecified atom stereocenters. The van der Waals surface area contributed by atoms with Crippen molar-refractivity contribution in [2.75, 3.05) is 7.05 Å². The highest BCUT2D eigenvalue weighted by atomic mass is 79.9. The van der Waals surface area contributed by atoms with Gasteiger partial charge >= 0.3 is 0 Å². The van der Waals surface area contributed by atoms with Crippen molar-refractivity contribution in [1.82, 2.24) is 4.90 Å². The largest absolute Gasteiger partial charge is 0.464 e. The number of hydrogen-bond acceptors (Lipinski definition) is 2. The van der Waals surface area contributed by atoms with Crippen molar-refractivity contribution in [2.24, 2.45) is 0 Å². The summed E-state index contributed by atoms with van der Waals surface area (Å²) in [7, 11) is 1.76. The molecule has 0 radical (unpaired) electrons. The molecule has 0 aliphatic rings. The smallest absolute Gasteiger partial charge is 0.236 e. The Morgan fingerprint density at radius 2 is 2.29 bits per heavy atom. The number of rotatable bonds is 3. The minimum absolute atomic E-state index is 0.0547. The molecule has 1 atom stereocenters. The van der Waals surface area contributed by atoms with Crippen LogP contribution in [-0.2, 0) is 11.3 Å². The fourth-order valence-electron chi connectivity index (χ4n) is 1.19. The van der Waals surface area contributed by atoms with E-state index < -0.39 is 0 Å². The zero-order valence-electron chi connectivity index (χ0n) is 8.58. The third-order valence-corrected chi connectivity index (χ3v) is 2.30. The molecule has 0 fully saturated rings. The van der Waals surface area contributed by atoms with E-state index in [2.05, 4.69) is 15.9 Å². The van der Waals surface area contributed by atoms with Gasteiger partial charge in [-0.1, -0.05) is 15.9 Å². The summed E-state index contributed by atoms with van der Waals surface area (Å²) in [4.78, 5) is 13.0. The highest BCUT2D eigenvalue weighted by Crippen LogP contribution is 2.10. The summed E-state index contributed by atoms with van der Waals surface area (Å²) in [5, 5.41) is 0. The van der Waals surface area contributed by atoms with E-state index in [1.165, 1.54) is 0 Å². The van der Waals surface area contributed by atoms with Crippen molar-refractivity contribution in [3.8, 4) is 0 Å². The van der Waals surface area contributed by atoms with Crippen LogP contribution in [0, 0.1) is 6.92 Å². The molecule has 1 rings (SSSR count). The predicted octanol–water partition coefficient (Wildman–Crippen LogP) is 2.33. The van der Waals surface area contributed by atoms with Crippen LogP contribution in [0.3, 0.4) is 0 Å². The third-order valence-electron chi connectivity index (χ3n) is 1.91. The van der Waals surface area contributed by atoms with Crippen LogP contribution in [0.4, 0.5) is 0 Å².